The summed E-state index contributed by atoms with van der Waals surface area (Å²) in [6.07, 6.45) is 7.81. The Hall–Kier alpha value is -0.570. The van der Waals surface area contributed by atoms with Gasteiger partial charge in [-0.2, -0.15) is 0 Å². The Morgan fingerprint density at radius 3 is 2.60 bits per heavy atom. The minimum atomic E-state index is 0.348. The summed E-state index contributed by atoms with van der Waals surface area (Å²) in [7, 11) is 0. The molecule has 1 aliphatic carbocycles. The summed E-state index contributed by atoms with van der Waals surface area (Å²) < 4.78 is 0. The van der Waals surface area contributed by atoms with Gasteiger partial charge in [0.1, 0.15) is 5.82 Å². The highest BCUT2D eigenvalue weighted by Gasteiger charge is 2.23. The largest absolute Gasteiger partial charge is 0.262 e. The number of hydrogen-bond acceptors (Lipinski definition) is 2. The van der Waals surface area contributed by atoms with E-state index < -0.39 is 0 Å². The van der Waals surface area contributed by atoms with Crippen LogP contribution in [0.3, 0.4) is 0 Å². The molecule has 15 heavy (non-hydrogen) atoms. The number of nitrogens with zero attached hydrogens (tertiary/aromatic N) is 2. The summed E-state index contributed by atoms with van der Waals surface area (Å²) in [5, 5.41) is 7.15. The Balaban J connectivity index is 1.88. The normalized spacial score (nSPS) is 26.8. The predicted molar refractivity (Wildman–Crippen MR) is 61.0 cm³/mol. The molecule has 1 N–H and O–H groups in total. The number of aromatic nitrogens is 3. The Morgan fingerprint density at radius 1 is 1.33 bits per heavy atom. The first-order valence-electron chi connectivity index (χ1n) is 5.87. The minimum absolute atomic E-state index is 0.348. The van der Waals surface area contributed by atoms with Crippen LogP contribution in [0.2, 0.25) is 5.28 Å². The first kappa shape index (κ1) is 10.9. The van der Waals surface area contributed by atoms with Crippen LogP contribution in [-0.4, -0.2) is 15.2 Å². The van der Waals surface area contributed by atoms with E-state index in [0.29, 0.717) is 11.2 Å². The van der Waals surface area contributed by atoms with Crippen molar-refractivity contribution < 1.29 is 0 Å². The second kappa shape index (κ2) is 4.97. The van der Waals surface area contributed by atoms with Crippen molar-refractivity contribution in [1.82, 2.24) is 15.2 Å². The van der Waals surface area contributed by atoms with Crippen LogP contribution in [0.4, 0.5) is 0 Å². The molecule has 1 aromatic heterocycles. The quantitative estimate of drug-likeness (QED) is 0.858. The number of aromatic amines is 1. The smallest absolute Gasteiger partial charge is 0.242 e. The predicted octanol–water partition coefficient (Wildman–Crippen LogP) is 3.53. The maximum atomic E-state index is 5.70. The molecule has 0 unspecified atom stereocenters. The van der Waals surface area contributed by atoms with Crippen LogP contribution in [0.25, 0.3) is 0 Å². The average molecular weight is 228 g/mol. The molecule has 0 radical (unpaired) electrons. The van der Waals surface area contributed by atoms with E-state index in [1.165, 1.54) is 38.5 Å². The van der Waals surface area contributed by atoms with Crippen molar-refractivity contribution in [2.24, 2.45) is 5.92 Å². The van der Waals surface area contributed by atoms with Crippen LogP contribution in [0.1, 0.15) is 57.2 Å². The first-order chi connectivity index (χ1) is 7.29. The highest BCUT2D eigenvalue weighted by Crippen LogP contribution is 2.36. The van der Waals surface area contributed by atoms with E-state index in [2.05, 4.69) is 22.1 Å². The fourth-order valence-corrected chi connectivity index (χ4v) is 2.70. The SMILES string of the molecule is CCCC1CCC(c2nc(Cl)n[nH]2)CC1. The molecule has 4 heteroatoms. The standard InChI is InChI=1S/C11H18ClN3/c1-2-3-8-4-6-9(7-5-8)10-13-11(12)15-14-10/h8-9H,2-7H2,1H3,(H,13,14,15). The summed E-state index contributed by atoms with van der Waals surface area (Å²) >= 11 is 5.70. The molecule has 0 saturated heterocycles. The monoisotopic (exact) mass is 227 g/mol. The third-order valence-corrected chi connectivity index (χ3v) is 3.57. The second-order valence-electron chi connectivity index (χ2n) is 4.50. The number of nitrogens with one attached hydrogen (secondary N) is 1. The van der Waals surface area contributed by atoms with Gasteiger partial charge in [0.15, 0.2) is 0 Å². The van der Waals surface area contributed by atoms with Crippen LogP contribution >= 0.6 is 11.6 Å². The molecule has 0 amide bonds. The molecular weight excluding hydrogens is 210 g/mol. The van der Waals surface area contributed by atoms with E-state index in [1.54, 1.807) is 0 Å². The lowest BCUT2D eigenvalue weighted by Crippen LogP contribution is -2.14. The molecule has 3 nitrogen and oxygen atoms in total. The lowest BCUT2D eigenvalue weighted by atomic mass is 9.80. The zero-order valence-corrected chi connectivity index (χ0v) is 9.93. The van der Waals surface area contributed by atoms with Crippen molar-refractivity contribution in [3.63, 3.8) is 0 Å². The Bertz CT molecular complexity index is 303. The van der Waals surface area contributed by atoms with Gasteiger partial charge < -0.3 is 0 Å². The molecule has 1 fully saturated rings. The summed E-state index contributed by atoms with van der Waals surface area (Å²) in [5.41, 5.74) is 0. The van der Waals surface area contributed by atoms with Gasteiger partial charge in [0.2, 0.25) is 5.28 Å². The fraction of sp³-hybridized carbons (Fsp3) is 0.818. The maximum absolute atomic E-state index is 5.70. The van der Waals surface area contributed by atoms with Crippen LogP contribution in [-0.2, 0) is 0 Å². The van der Waals surface area contributed by atoms with Crippen LogP contribution in [0.15, 0.2) is 0 Å². The molecular formula is C11H18ClN3. The maximum Gasteiger partial charge on any atom is 0.242 e. The Morgan fingerprint density at radius 2 is 2.07 bits per heavy atom. The summed E-state index contributed by atoms with van der Waals surface area (Å²) in [4.78, 5) is 4.20. The lowest BCUT2D eigenvalue weighted by Gasteiger charge is -2.26. The topological polar surface area (TPSA) is 41.6 Å². The summed E-state index contributed by atoms with van der Waals surface area (Å²) in [6.45, 7) is 2.27. The van der Waals surface area contributed by atoms with Gasteiger partial charge in [-0.1, -0.05) is 19.8 Å². The Labute approximate surface area is 95.6 Å². The van der Waals surface area contributed by atoms with Gasteiger partial charge in [0, 0.05) is 5.92 Å². The van der Waals surface area contributed by atoms with Gasteiger partial charge in [0.05, 0.1) is 0 Å². The van der Waals surface area contributed by atoms with Gasteiger partial charge in [0.25, 0.3) is 0 Å². The van der Waals surface area contributed by atoms with Crippen LogP contribution < -0.4 is 0 Å². The van der Waals surface area contributed by atoms with E-state index in [1.807, 2.05) is 0 Å². The van der Waals surface area contributed by atoms with Gasteiger partial charge in [-0.25, -0.2) is 4.98 Å². The first-order valence-corrected chi connectivity index (χ1v) is 6.25. The highest BCUT2D eigenvalue weighted by molar-refractivity contribution is 6.28. The van der Waals surface area contributed by atoms with Crippen molar-refractivity contribution in [2.45, 2.75) is 51.4 Å². The molecule has 0 spiro atoms. The minimum Gasteiger partial charge on any atom is -0.262 e. The van der Waals surface area contributed by atoms with E-state index >= 15 is 0 Å². The Kier molecular flexibility index (Phi) is 3.62. The molecule has 1 aromatic rings. The van der Waals surface area contributed by atoms with Crippen molar-refractivity contribution >= 4 is 11.6 Å². The van der Waals surface area contributed by atoms with Crippen LogP contribution in [0.5, 0.6) is 0 Å². The molecule has 84 valence electrons. The molecule has 0 aromatic carbocycles. The molecule has 0 aliphatic heterocycles. The average Bonchev–Trinajstić information content (AvgIpc) is 2.67. The van der Waals surface area contributed by atoms with Crippen LogP contribution in [0, 0.1) is 5.92 Å². The van der Waals surface area contributed by atoms with Gasteiger partial charge in [-0.15, -0.1) is 5.10 Å². The number of H-pyrrole nitrogens is 1. The van der Waals surface area contributed by atoms with Gasteiger partial charge in [-0.05, 0) is 43.2 Å². The number of halogens is 1. The summed E-state index contributed by atoms with van der Waals surface area (Å²) in [5.74, 6) is 2.47. The molecule has 1 aliphatic rings. The molecule has 1 heterocycles. The van der Waals surface area contributed by atoms with Gasteiger partial charge in [-0.3, -0.25) is 5.10 Å². The summed E-state index contributed by atoms with van der Waals surface area (Å²) in [6, 6.07) is 0. The molecule has 0 bridgehead atoms. The zero-order chi connectivity index (χ0) is 10.7. The van der Waals surface area contributed by atoms with Gasteiger partial charge >= 0.3 is 0 Å². The van der Waals surface area contributed by atoms with Crippen molar-refractivity contribution in [1.29, 1.82) is 0 Å². The third kappa shape index (κ3) is 2.71. The van der Waals surface area contributed by atoms with E-state index in [4.69, 9.17) is 11.6 Å². The molecule has 1 saturated carbocycles. The lowest BCUT2D eigenvalue weighted by molar-refractivity contribution is 0.302. The highest BCUT2D eigenvalue weighted by atomic mass is 35.5. The fourth-order valence-electron chi connectivity index (χ4n) is 2.57. The number of hydrogen-bond donors (Lipinski definition) is 1. The van der Waals surface area contributed by atoms with Crippen molar-refractivity contribution in [3.05, 3.63) is 11.1 Å². The van der Waals surface area contributed by atoms with E-state index in [9.17, 15) is 0 Å². The molecule has 0 atom stereocenters. The van der Waals surface area contributed by atoms with E-state index in [-0.39, 0.29) is 0 Å². The second-order valence-corrected chi connectivity index (χ2v) is 4.83. The zero-order valence-electron chi connectivity index (χ0n) is 9.17. The van der Waals surface area contributed by atoms with Crippen molar-refractivity contribution in [3.8, 4) is 0 Å². The number of rotatable bonds is 3. The van der Waals surface area contributed by atoms with Crippen molar-refractivity contribution in [2.75, 3.05) is 0 Å². The van der Waals surface area contributed by atoms with E-state index in [0.717, 1.165) is 11.7 Å². The third-order valence-electron chi connectivity index (χ3n) is 3.41. The molecule has 2 rings (SSSR count).